The van der Waals surface area contributed by atoms with E-state index in [-0.39, 0.29) is 23.3 Å². The Bertz CT molecular complexity index is 648. The van der Waals surface area contributed by atoms with Gasteiger partial charge >= 0.3 is 0 Å². The Morgan fingerprint density at radius 2 is 2.19 bits per heavy atom. The fourth-order valence-corrected chi connectivity index (χ4v) is 4.92. The maximum Gasteiger partial charge on any atom is 0.244 e. The van der Waals surface area contributed by atoms with E-state index in [0.29, 0.717) is 29.5 Å². The minimum absolute atomic E-state index is 0.124. The number of nitrogens with two attached hydrogens (primary N) is 1. The van der Waals surface area contributed by atoms with E-state index in [0.717, 1.165) is 0 Å². The fraction of sp³-hybridized carbons (Fsp3) is 0.462. The van der Waals surface area contributed by atoms with Gasteiger partial charge in [-0.2, -0.15) is 4.31 Å². The molecule has 0 aliphatic carbocycles. The summed E-state index contributed by atoms with van der Waals surface area (Å²) in [5, 5.41) is 2.58. The van der Waals surface area contributed by atoms with Gasteiger partial charge in [-0.15, -0.1) is 0 Å². The summed E-state index contributed by atoms with van der Waals surface area (Å²) < 4.78 is 27.3. The largest absolute Gasteiger partial charge is 0.399 e. The van der Waals surface area contributed by atoms with Crippen LogP contribution in [-0.4, -0.2) is 38.8 Å². The average Bonchev–Trinajstić information content (AvgIpc) is 2.49. The predicted octanol–water partition coefficient (Wildman–Crippen LogP) is 1.18. The lowest BCUT2D eigenvalue weighted by Gasteiger charge is -2.31. The van der Waals surface area contributed by atoms with Crippen molar-refractivity contribution in [3.8, 4) is 0 Å². The number of hydrogen-bond acceptors (Lipinski definition) is 4. The highest BCUT2D eigenvalue weighted by molar-refractivity contribution is 9.10. The molecule has 1 aromatic carbocycles. The Hall–Kier alpha value is -1.12. The lowest BCUT2D eigenvalue weighted by molar-refractivity contribution is -0.125. The summed E-state index contributed by atoms with van der Waals surface area (Å²) in [5.41, 5.74) is 6.07. The van der Waals surface area contributed by atoms with Crippen molar-refractivity contribution in [2.24, 2.45) is 5.92 Å². The number of nitrogens with one attached hydrogen (secondary N) is 1. The molecule has 1 aliphatic rings. The van der Waals surface area contributed by atoms with E-state index in [1.807, 2.05) is 0 Å². The summed E-state index contributed by atoms with van der Waals surface area (Å²) in [4.78, 5) is 11.9. The smallest absolute Gasteiger partial charge is 0.244 e. The van der Waals surface area contributed by atoms with Crippen molar-refractivity contribution in [2.45, 2.75) is 17.7 Å². The maximum atomic E-state index is 12.7. The molecule has 1 aliphatic heterocycles. The van der Waals surface area contributed by atoms with E-state index in [2.05, 4.69) is 21.2 Å². The minimum atomic E-state index is -3.66. The van der Waals surface area contributed by atoms with Gasteiger partial charge in [-0.05, 0) is 47.0 Å². The first kappa shape index (κ1) is 16.3. The number of carbonyl (C=O) groups excluding carboxylic acids is 1. The molecule has 1 unspecified atom stereocenters. The molecule has 1 aromatic rings. The summed E-state index contributed by atoms with van der Waals surface area (Å²) in [6, 6.07) is 4.68. The molecule has 0 bridgehead atoms. The third-order valence-electron chi connectivity index (χ3n) is 3.57. The van der Waals surface area contributed by atoms with Gasteiger partial charge in [0.2, 0.25) is 15.9 Å². The van der Waals surface area contributed by atoms with Gasteiger partial charge in [-0.1, -0.05) is 0 Å². The van der Waals surface area contributed by atoms with Gasteiger partial charge < -0.3 is 11.1 Å². The zero-order valence-corrected chi connectivity index (χ0v) is 14.1. The number of carbonyl (C=O) groups is 1. The quantitative estimate of drug-likeness (QED) is 0.775. The SMILES string of the molecule is CNC(=O)C1CCCN(S(=O)(=O)c2cc(N)ccc2Br)C1. The van der Waals surface area contributed by atoms with Crippen molar-refractivity contribution in [1.29, 1.82) is 0 Å². The van der Waals surface area contributed by atoms with Crippen LogP contribution in [0.2, 0.25) is 0 Å². The van der Waals surface area contributed by atoms with E-state index in [4.69, 9.17) is 5.73 Å². The van der Waals surface area contributed by atoms with Crippen molar-refractivity contribution in [1.82, 2.24) is 9.62 Å². The van der Waals surface area contributed by atoms with Crippen LogP contribution in [0.25, 0.3) is 0 Å². The molecule has 116 valence electrons. The number of anilines is 1. The standard InChI is InChI=1S/C13H18BrN3O3S/c1-16-13(18)9-3-2-6-17(8-9)21(19,20)12-7-10(15)4-5-11(12)14/h4-5,7,9H,2-3,6,8,15H2,1H3,(H,16,18). The second kappa shape index (κ2) is 6.33. The van der Waals surface area contributed by atoms with E-state index in [9.17, 15) is 13.2 Å². The first-order chi connectivity index (χ1) is 9.86. The normalized spacial score (nSPS) is 20.2. The number of amides is 1. The highest BCUT2D eigenvalue weighted by Crippen LogP contribution is 2.30. The van der Waals surface area contributed by atoms with Crippen molar-refractivity contribution in [3.05, 3.63) is 22.7 Å². The zero-order chi connectivity index (χ0) is 15.6. The predicted molar refractivity (Wildman–Crippen MR) is 84.1 cm³/mol. The number of piperidine rings is 1. The molecule has 8 heteroatoms. The van der Waals surface area contributed by atoms with Crippen LogP contribution in [0, 0.1) is 5.92 Å². The second-order valence-electron chi connectivity index (χ2n) is 5.01. The number of sulfonamides is 1. The molecule has 2 rings (SSSR count). The highest BCUT2D eigenvalue weighted by atomic mass is 79.9. The van der Waals surface area contributed by atoms with Gasteiger partial charge in [0.05, 0.1) is 10.8 Å². The van der Waals surface area contributed by atoms with Crippen LogP contribution in [0.1, 0.15) is 12.8 Å². The molecular formula is C13H18BrN3O3S. The number of nitrogen functional groups attached to an aromatic ring is 1. The van der Waals surface area contributed by atoms with E-state index in [1.165, 1.54) is 10.4 Å². The zero-order valence-electron chi connectivity index (χ0n) is 11.7. The third kappa shape index (κ3) is 3.38. The number of benzene rings is 1. The summed E-state index contributed by atoms with van der Waals surface area (Å²) in [6.07, 6.45) is 1.36. The monoisotopic (exact) mass is 375 g/mol. The summed E-state index contributed by atoms with van der Waals surface area (Å²) in [5.74, 6) is -0.431. The Kier molecular flexibility index (Phi) is 4.90. The fourth-order valence-electron chi connectivity index (χ4n) is 2.44. The lowest BCUT2D eigenvalue weighted by Crippen LogP contribution is -2.44. The summed E-state index contributed by atoms with van der Waals surface area (Å²) in [7, 11) is -2.10. The minimum Gasteiger partial charge on any atom is -0.399 e. The topological polar surface area (TPSA) is 92.5 Å². The molecule has 0 radical (unpaired) electrons. The number of halogens is 1. The van der Waals surface area contributed by atoms with E-state index >= 15 is 0 Å². The van der Waals surface area contributed by atoms with Gasteiger partial charge in [0.25, 0.3) is 0 Å². The Morgan fingerprint density at radius 1 is 1.48 bits per heavy atom. The number of hydrogen-bond donors (Lipinski definition) is 2. The summed E-state index contributed by atoms with van der Waals surface area (Å²) >= 11 is 3.25. The lowest BCUT2D eigenvalue weighted by atomic mass is 9.99. The van der Waals surface area contributed by atoms with Crippen LogP contribution in [-0.2, 0) is 14.8 Å². The number of nitrogens with zero attached hydrogens (tertiary/aromatic N) is 1. The molecule has 1 fully saturated rings. The highest BCUT2D eigenvalue weighted by Gasteiger charge is 2.33. The van der Waals surface area contributed by atoms with Crippen molar-refractivity contribution in [2.75, 3.05) is 25.9 Å². The second-order valence-corrected chi connectivity index (χ2v) is 7.77. The van der Waals surface area contributed by atoms with Crippen LogP contribution >= 0.6 is 15.9 Å². The van der Waals surface area contributed by atoms with E-state index < -0.39 is 10.0 Å². The molecule has 1 amide bonds. The Labute approximate surface area is 132 Å². The van der Waals surface area contributed by atoms with Crippen LogP contribution in [0.3, 0.4) is 0 Å². The van der Waals surface area contributed by atoms with Crippen molar-refractivity contribution >= 4 is 37.5 Å². The molecule has 6 nitrogen and oxygen atoms in total. The molecular weight excluding hydrogens is 358 g/mol. The van der Waals surface area contributed by atoms with Gasteiger partial charge in [0.15, 0.2) is 0 Å². The van der Waals surface area contributed by atoms with Crippen LogP contribution in [0.5, 0.6) is 0 Å². The molecule has 0 spiro atoms. The molecule has 21 heavy (non-hydrogen) atoms. The summed E-state index contributed by atoms with van der Waals surface area (Å²) in [6.45, 7) is 0.611. The third-order valence-corrected chi connectivity index (χ3v) is 6.43. The van der Waals surface area contributed by atoms with Gasteiger partial charge in [-0.25, -0.2) is 8.42 Å². The van der Waals surface area contributed by atoms with Crippen LogP contribution in [0.15, 0.2) is 27.6 Å². The first-order valence-electron chi connectivity index (χ1n) is 6.63. The van der Waals surface area contributed by atoms with Crippen molar-refractivity contribution in [3.63, 3.8) is 0 Å². The van der Waals surface area contributed by atoms with Crippen LogP contribution < -0.4 is 11.1 Å². The van der Waals surface area contributed by atoms with Gasteiger partial charge in [0, 0.05) is 30.3 Å². The van der Waals surface area contributed by atoms with E-state index in [1.54, 1.807) is 19.2 Å². The van der Waals surface area contributed by atoms with Crippen LogP contribution in [0.4, 0.5) is 5.69 Å². The molecule has 0 aromatic heterocycles. The molecule has 1 heterocycles. The maximum absolute atomic E-state index is 12.7. The Morgan fingerprint density at radius 3 is 2.86 bits per heavy atom. The van der Waals surface area contributed by atoms with Gasteiger partial charge in [-0.3, -0.25) is 4.79 Å². The molecule has 0 saturated carbocycles. The number of rotatable bonds is 3. The average molecular weight is 376 g/mol. The van der Waals surface area contributed by atoms with Crippen molar-refractivity contribution < 1.29 is 13.2 Å². The van der Waals surface area contributed by atoms with Gasteiger partial charge in [0.1, 0.15) is 0 Å². The molecule has 1 saturated heterocycles. The Balaban J connectivity index is 2.31. The molecule has 1 atom stereocenters. The molecule has 3 N–H and O–H groups in total. The first-order valence-corrected chi connectivity index (χ1v) is 8.86.